The molecule has 0 aromatic heterocycles. The molecule has 20 heavy (non-hydrogen) atoms. The Morgan fingerprint density at radius 1 is 0.850 bits per heavy atom. The van der Waals surface area contributed by atoms with E-state index < -0.39 is 10.8 Å². The standard InChI is InChI=1S/C18H20OS/c1-18(2,3)20(19)17-12-8-7-11-16(17)14-13-15-9-5-4-6-10-15/h4-14H,1-3H3/b14-13+. The highest BCUT2D eigenvalue weighted by atomic mass is 32.2. The van der Waals surface area contributed by atoms with Crippen molar-refractivity contribution in [3.8, 4) is 0 Å². The van der Waals surface area contributed by atoms with Gasteiger partial charge >= 0.3 is 0 Å². The quantitative estimate of drug-likeness (QED) is 0.742. The largest absolute Gasteiger partial charge is 0.254 e. The summed E-state index contributed by atoms with van der Waals surface area (Å²) in [4.78, 5) is 0.896. The zero-order valence-electron chi connectivity index (χ0n) is 12.2. The highest BCUT2D eigenvalue weighted by Gasteiger charge is 2.22. The molecule has 0 spiro atoms. The average Bonchev–Trinajstić information content (AvgIpc) is 2.45. The van der Waals surface area contributed by atoms with Crippen molar-refractivity contribution in [3.05, 3.63) is 65.7 Å². The Hall–Kier alpha value is -1.67. The summed E-state index contributed by atoms with van der Waals surface area (Å²) in [7, 11) is -1.02. The van der Waals surface area contributed by atoms with Crippen LogP contribution in [0.15, 0.2) is 59.5 Å². The predicted molar refractivity (Wildman–Crippen MR) is 88.0 cm³/mol. The van der Waals surface area contributed by atoms with Crippen molar-refractivity contribution in [2.24, 2.45) is 0 Å². The molecule has 0 radical (unpaired) electrons. The van der Waals surface area contributed by atoms with Gasteiger partial charge in [0.25, 0.3) is 0 Å². The third-order valence-electron chi connectivity index (χ3n) is 2.93. The van der Waals surface area contributed by atoms with Crippen LogP contribution in [0, 0.1) is 0 Å². The van der Waals surface area contributed by atoms with Crippen LogP contribution in [0.3, 0.4) is 0 Å². The maximum Gasteiger partial charge on any atom is 0.0589 e. The Morgan fingerprint density at radius 2 is 1.45 bits per heavy atom. The SMILES string of the molecule is CC(C)(C)S(=O)c1ccccc1/C=C/c1ccccc1. The molecule has 0 amide bonds. The van der Waals surface area contributed by atoms with Gasteiger partial charge in [0.05, 0.1) is 10.8 Å². The van der Waals surface area contributed by atoms with Gasteiger partial charge in [-0.1, -0.05) is 60.7 Å². The topological polar surface area (TPSA) is 17.1 Å². The van der Waals surface area contributed by atoms with Gasteiger partial charge < -0.3 is 0 Å². The zero-order valence-corrected chi connectivity index (χ0v) is 13.0. The van der Waals surface area contributed by atoms with E-state index in [0.717, 1.165) is 16.0 Å². The molecule has 2 heteroatoms. The summed E-state index contributed by atoms with van der Waals surface area (Å²) < 4.78 is 12.3. The molecule has 0 N–H and O–H groups in total. The third-order valence-corrected chi connectivity index (χ3v) is 4.81. The van der Waals surface area contributed by atoms with E-state index in [1.165, 1.54) is 0 Å². The molecule has 0 aliphatic rings. The molecule has 2 aromatic carbocycles. The summed E-state index contributed by atoms with van der Waals surface area (Å²) in [5.74, 6) is 0. The van der Waals surface area contributed by atoms with Crippen LogP contribution in [-0.2, 0) is 10.8 Å². The van der Waals surface area contributed by atoms with Gasteiger partial charge in [-0.15, -0.1) is 0 Å². The van der Waals surface area contributed by atoms with Gasteiger partial charge in [0.15, 0.2) is 0 Å². The molecule has 0 aliphatic carbocycles. The summed E-state index contributed by atoms with van der Waals surface area (Å²) in [6, 6.07) is 18.0. The molecular formula is C18H20OS. The fourth-order valence-electron chi connectivity index (χ4n) is 1.87. The highest BCUT2D eigenvalue weighted by molar-refractivity contribution is 7.86. The summed E-state index contributed by atoms with van der Waals surface area (Å²) in [6.45, 7) is 6.00. The van der Waals surface area contributed by atoms with E-state index in [2.05, 4.69) is 18.2 Å². The van der Waals surface area contributed by atoms with Crippen LogP contribution in [0.25, 0.3) is 12.2 Å². The molecule has 1 unspecified atom stereocenters. The maximum absolute atomic E-state index is 12.6. The van der Waals surface area contributed by atoms with Crippen LogP contribution >= 0.6 is 0 Å². The Balaban J connectivity index is 2.34. The number of rotatable bonds is 3. The molecular weight excluding hydrogens is 264 g/mol. The van der Waals surface area contributed by atoms with Gasteiger partial charge in [0.2, 0.25) is 0 Å². The lowest BCUT2D eigenvalue weighted by Crippen LogP contribution is -2.22. The van der Waals surface area contributed by atoms with Crippen molar-refractivity contribution in [2.45, 2.75) is 30.4 Å². The van der Waals surface area contributed by atoms with Gasteiger partial charge in [-0.25, -0.2) is 0 Å². The van der Waals surface area contributed by atoms with Crippen molar-refractivity contribution in [3.63, 3.8) is 0 Å². The summed E-state index contributed by atoms with van der Waals surface area (Å²) in [5.41, 5.74) is 2.16. The van der Waals surface area contributed by atoms with Crippen LogP contribution in [0.1, 0.15) is 31.9 Å². The minimum Gasteiger partial charge on any atom is -0.254 e. The molecule has 0 aliphatic heterocycles. The molecule has 1 nitrogen and oxygen atoms in total. The minimum atomic E-state index is -1.02. The van der Waals surface area contributed by atoms with Gasteiger partial charge in [-0.3, -0.25) is 4.21 Å². The van der Waals surface area contributed by atoms with Gasteiger partial charge in [-0.2, -0.15) is 0 Å². The molecule has 1 atom stereocenters. The molecule has 0 saturated heterocycles. The first-order valence-corrected chi connectivity index (χ1v) is 7.87. The van der Waals surface area contributed by atoms with Crippen LogP contribution in [0.5, 0.6) is 0 Å². The first-order chi connectivity index (χ1) is 9.48. The number of benzene rings is 2. The summed E-state index contributed by atoms with van der Waals surface area (Å²) in [6.07, 6.45) is 4.09. The van der Waals surface area contributed by atoms with Gasteiger partial charge in [0, 0.05) is 9.64 Å². The Labute approximate surface area is 123 Å². The zero-order chi connectivity index (χ0) is 14.6. The Kier molecular flexibility index (Phi) is 4.56. The highest BCUT2D eigenvalue weighted by Crippen LogP contribution is 2.24. The first kappa shape index (κ1) is 14.7. The second kappa shape index (κ2) is 6.19. The van der Waals surface area contributed by atoms with Gasteiger partial charge in [0.1, 0.15) is 0 Å². The molecule has 0 fully saturated rings. The number of hydrogen-bond acceptors (Lipinski definition) is 1. The third kappa shape index (κ3) is 3.67. The van der Waals surface area contributed by atoms with Crippen molar-refractivity contribution >= 4 is 23.0 Å². The summed E-state index contributed by atoms with van der Waals surface area (Å²) in [5, 5.41) is 0. The second-order valence-electron chi connectivity index (χ2n) is 5.66. The smallest absolute Gasteiger partial charge is 0.0589 e. The number of hydrogen-bond donors (Lipinski definition) is 0. The van der Waals surface area contributed by atoms with Crippen LogP contribution in [0.2, 0.25) is 0 Å². The lowest BCUT2D eigenvalue weighted by molar-refractivity contribution is 0.649. The fourth-order valence-corrected chi connectivity index (χ4v) is 3.08. The van der Waals surface area contributed by atoms with E-state index >= 15 is 0 Å². The van der Waals surface area contributed by atoms with Crippen LogP contribution < -0.4 is 0 Å². The molecule has 104 valence electrons. The average molecular weight is 284 g/mol. The van der Waals surface area contributed by atoms with Crippen molar-refractivity contribution in [1.82, 2.24) is 0 Å². The van der Waals surface area contributed by atoms with Crippen molar-refractivity contribution in [1.29, 1.82) is 0 Å². The maximum atomic E-state index is 12.6. The van der Waals surface area contributed by atoms with E-state index in [9.17, 15) is 4.21 Å². The monoisotopic (exact) mass is 284 g/mol. The predicted octanol–water partition coefficient (Wildman–Crippen LogP) is 4.76. The van der Waals surface area contributed by atoms with Gasteiger partial charge in [-0.05, 0) is 38.0 Å². The van der Waals surface area contributed by atoms with E-state index in [-0.39, 0.29) is 4.75 Å². The van der Waals surface area contributed by atoms with Crippen LogP contribution in [0.4, 0.5) is 0 Å². The lowest BCUT2D eigenvalue weighted by Gasteiger charge is -2.19. The molecule has 0 heterocycles. The van der Waals surface area contributed by atoms with E-state index in [0.29, 0.717) is 0 Å². The second-order valence-corrected chi connectivity index (χ2v) is 7.86. The van der Waals surface area contributed by atoms with Crippen molar-refractivity contribution in [2.75, 3.05) is 0 Å². The fraction of sp³-hybridized carbons (Fsp3) is 0.222. The Bertz CT molecular complexity index is 621. The molecule has 2 aromatic rings. The van der Waals surface area contributed by atoms with E-state index in [4.69, 9.17) is 0 Å². The van der Waals surface area contributed by atoms with E-state index in [1.807, 2.05) is 69.3 Å². The van der Waals surface area contributed by atoms with E-state index in [1.54, 1.807) is 0 Å². The minimum absolute atomic E-state index is 0.253. The summed E-state index contributed by atoms with van der Waals surface area (Å²) >= 11 is 0. The normalized spacial score (nSPS) is 13.6. The van der Waals surface area contributed by atoms with Crippen LogP contribution in [-0.4, -0.2) is 8.96 Å². The molecule has 0 saturated carbocycles. The lowest BCUT2D eigenvalue weighted by atomic mass is 10.1. The molecule has 2 rings (SSSR count). The first-order valence-electron chi connectivity index (χ1n) is 6.72. The van der Waals surface area contributed by atoms with Crippen molar-refractivity contribution < 1.29 is 4.21 Å². The Morgan fingerprint density at radius 3 is 2.10 bits per heavy atom. The molecule has 0 bridgehead atoms.